The Balaban J connectivity index is 1.99. The van der Waals surface area contributed by atoms with Gasteiger partial charge in [0.1, 0.15) is 5.75 Å². The summed E-state index contributed by atoms with van der Waals surface area (Å²) in [6, 6.07) is 12.2. The molecule has 0 bridgehead atoms. The van der Waals surface area contributed by atoms with Crippen molar-refractivity contribution >= 4 is 38.5 Å². The van der Waals surface area contributed by atoms with Crippen LogP contribution in [0.2, 0.25) is 0 Å². The number of fused-ring (bicyclic) bond motifs is 1. The molecule has 2 N–H and O–H groups in total. The summed E-state index contributed by atoms with van der Waals surface area (Å²) in [6.07, 6.45) is 0. The maximum Gasteiger partial charge on any atom is 0.262 e. The van der Waals surface area contributed by atoms with Gasteiger partial charge in [-0.2, -0.15) is 5.10 Å². The van der Waals surface area contributed by atoms with Crippen LogP contribution in [0.1, 0.15) is 12.5 Å². The van der Waals surface area contributed by atoms with Crippen molar-refractivity contribution in [1.29, 1.82) is 0 Å². The first-order valence-corrected chi connectivity index (χ1v) is 8.01. The lowest BCUT2D eigenvalue weighted by molar-refractivity contribution is 0.474. The average Bonchev–Trinajstić information content (AvgIpc) is 2.58. The van der Waals surface area contributed by atoms with Crippen LogP contribution < -0.4 is 11.0 Å². The summed E-state index contributed by atoms with van der Waals surface area (Å²) in [7, 11) is 1.63. The van der Waals surface area contributed by atoms with Gasteiger partial charge in [-0.3, -0.25) is 9.36 Å². The fourth-order valence-electron chi connectivity index (χ4n) is 2.31. The summed E-state index contributed by atoms with van der Waals surface area (Å²) >= 11 is 3.36. The molecule has 1 heterocycles. The molecule has 0 amide bonds. The van der Waals surface area contributed by atoms with Crippen molar-refractivity contribution in [3.05, 3.63) is 62.9 Å². The highest BCUT2D eigenvalue weighted by Crippen LogP contribution is 2.22. The number of aromatic hydroxyl groups is 1. The van der Waals surface area contributed by atoms with Crippen LogP contribution in [0.25, 0.3) is 10.9 Å². The highest BCUT2D eigenvalue weighted by molar-refractivity contribution is 9.10. The first kappa shape index (κ1) is 16.2. The predicted molar refractivity (Wildman–Crippen MR) is 98.6 cm³/mol. The summed E-state index contributed by atoms with van der Waals surface area (Å²) in [5.74, 6) is 0.453. The number of hydrazone groups is 1. The Morgan fingerprint density at radius 1 is 1.29 bits per heavy atom. The smallest absolute Gasteiger partial charge is 0.262 e. The van der Waals surface area contributed by atoms with E-state index >= 15 is 0 Å². The fourth-order valence-corrected chi connectivity index (χ4v) is 2.67. The third kappa shape index (κ3) is 3.03. The van der Waals surface area contributed by atoms with Crippen LogP contribution in [0.15, 0.2) is 56.8 Å². The van der Waals surface area contributed by atoms with Gasteiger partial charge in [-0.15, -0.1) is 0 Å². The number of benzene rings is 2. The Morgan fingerprint density at radius 3 is 2.83 bits per heavy atom. The number of nitrogens with one attached hydrogen (secondary N) is 1. The number of hydrogen-bond donors (Lipinski definition) is 2. The topological polar surface area (TPSA) is 79.5 Å². The molecule has 0 saturated heterocycles. The van der Waals surface area contributed by atoms with Crippen LogP contribution >= 0.6 is 15.9 Å². The van der Waals surface area contributed by atoms with E-state index in [4.69, 9.17) is 0 Å². The number of hydrogen-bond acceptors (Lipinski definition) is 5. The van der Waals surface area contributed by atoms with Gasteiger partial charge in [-0.25, -0.2) is 10.4 Å². The van der Waals surface area contributed by atoms with Crippen molar-refractivity contribution in [3.63, 3.8) is 0 Å². The molecular weight excluding hydrogens is 372 g/mol. The second kappa shape index (κ2) is 6.45. The van der Waals surface area contributed by atoms with E-state index in [1.807, 2.05) is 6.07 Å². The standard InChI is InChI=1S/C17H15BrN4O2/c1-10(13-9-11(18)7-8-15(13)23)20-21-17-19-14-6-4-3-5-12(14)16(24)22(17)2/h3-9,23H,1-2H3,(H,19,21). The number of anilines is 1. The maximum absolute atomic E-state index is 12.4. The SMILES string of the molecule is CC(=NNc1nc2ccccc2c(=O)n1C)c1cc(Br)ccc1O. The van der Waals surface area contributed by atoms with Gasteiger partial charge in [0.2, 0.25) is 5.95 Å². The summed E-state index contributed by atoms with van der Waals surface area (Å²) in [4.78, 5) is 16.8. The molecule has 122 valence electrons. The molecule has 0 saturated carbocycles. The van der Waals surface area contributed by atoms with Crippen molar-refractivity contribution < 1.29 is 5.11 Å². The van der Waals surface area contributed by atoms with E-state index in [1.165, 1.54) is 4.57 Å². The van der Waals surface area contributed by atoms with Gasteiger partial charge >= 0.3 is 0 Å². The molecule has 24 heavy (non-hydrogen) atoms. The van der Waals surface area contributed by atoms with E-state index < -0.39 is 0 Å². The lowest BCUT2D eigenvalue weighted by Gasteiger charge is -2.09. The van der Waals surface area contributed by atoms with Crippen LogP contribution in [0.3, 0.4) is 0 Å². The average molecular weight is 387 g/mol. The van der Waals surface area contributed by atoms with Gasteiger partial charge in [0.05, 0.1) is 16.6 Å². The number of nitrogens with zero attached hydrogens (tertiary/aromatic N) is 3. The van der Waals surface area contributed by atoms with Gasteiger partial charge < -0.3 is 5.11 Å². The zero-order chi connectivity index (χ0) is 17.3. The predicted octanol–water partition coefficient (Wildman–Crippen LogP) is 3.24. The van der Waals surface area contributed by atoms with Gasteiger partial charge in [-0.05, 0) is 37.3 Å². The quantitative estimate of drug-likeness (QED) is 0.534. The molecule has 1 aromatic heterocycles. The number of halogens is 1. The Kier molecular flexibility index (Phi) is 4.35. The largest absolute Gasteiger partial charge is 0.507 e. The highest BCUT2D eigenvalue weighted by Gasteiger charge is 2.09. The van der Waals surface area contributed by atoms with Crippen molar-refractivity contribution in [1.82, 2.24) is 9.55 Å². The Bertz CT molecular complexity index is 1010. The molecule has 2 aromatic carbocycles. The third-order valence-corrected chi connectivity index (χ3v) is 4.15. The zero-order valence-electron chi connectivity index (χ0n) is 13.1. The van der Waals surface area contributed by atoms with Crippen LogP contribution in [0, 0.1) is 0 Å². The van der Waals surface area contributed by atoms with Crippen molar-refractivity contribution in [2.24, 2.45) is 12.1 Å². The molecule has 0 spiro atoms. The van der Waals surface area contributed by atoms with Crippen molar-refractivity contribution in [3.8, 4) is 5.75 Å². The number of phenolic OH excluding ortho intramolecular Hbond substituents is 1. The second-order valence-corrected chi connectivity index (χ2v) is 6.20. The zero-order valence-corrected chi connectivity index (χ0v) is 14.7. The van der Waals surface area contributed by atoms with Crippen LogP contribution in [0.4, 0.5) is 5.95 Å². The number of aromatic nitrogens is 2. The van der Waals surface area contributed by atoms with Gasteiger partial charge in [-0.1, -0.05) is 28.1 Å². The van der Waals surface area contributed by atoms with Gasteiger partial charge in [0.25, 0.3) is 5.56 Å². The van der Waals surface area contributed by atoms with Crippen LogP contribution in [-0.4, -0.2) is 20.4 Å². The highest BCUT2D eigenvalue weighted by atomic mass is 79.9. The molecule has 0 radical (unpaired) electrons. The minimum Gasteiger partial charge on any atom is -0.507 e. The molecule has 3 aromatic rings. The normalized spacial score (nSPS) is 11.7. The Labute approximate surface area is 146 Å². The van der Waals surface area contributed by atoms with Crippen LogP contribution in [0.5, 0.6) is 5.75 Å². The van der Waals surface area contributed by atoms with E-state index in [1.54, 1.807) is 50.4 Å². The molecule has 0 fully saturated rings. The Morgan fingerprint density at radius 2 is 2.04 bits per heavy atom. The first-order chi connectivity index (χ1) is 11.5. The maximum atomic E-state index is 12.4. The Hall–Kier alpha value is -2.67. The number of rotatable bonds is 3. The van der Waals surface area contributed by atoms with E-state index in [0.717, 1.165) is 4.47 Å². The minimum absolute atomic E-state index is 0.126. The van der Waals surface area contributed by atoms with E-state index in [0.29, 0.717) is 28.1 Å². The molecule has 7 heteroatoms. The van der Waals surface area contributed by atoms with Crippen molar-refractivity contribution in [2.45, 2.75) is 6.92 Å². The fraction of sp³-hybridized carbons (Fsp3) is 0.118. The lowest BCUT2D eigenvalue weighted by atomic mass is 10.1. The molecule has 3 rings (SSSR count). The second-order valence-electron chi connectivity index (χ2n) is 5.29. The summed E-state index contributed by atoms with van der Waals surface area (Å²) in [5, 5.41) is 14.7. The molecule has 0 atom stereocenters. The number of phenols is 1. The van der Waals surface area contributed by atoms with E-state index in [2.05, 4.69) is 31.4 Å². The molecular formula is C17H15BrN4O2. The van der Waals surface area contributed by atoms with E-state index in [-0.39, 0.29) is 11.3 Å². The van der Waals surface area contributed by atoms with Crippen molar-refractivity contribution in [2.75, 3.05) is 5.43 Å². The van der Waals surface area contributed by atoms with Gasteiger partial charge in [0.15, 0.2) is 0 Å². The molecule has 6 nitrogen and oxygen atoms in total. The first-order valence-electron chi connectivity index (χ1n) is 7.22. The summed E-state index contributed by atoms with van der Waals surface area (Å²) < 4.78 is 2.24. The monoisotopic (exact) mass is 386 g/mol. The molecule has 0 aliphatic heterocycles. The summed E-state index contributed by atoms with van der Waals surface area (Å²) in [5.41, 5.74) is 4.40. The molecule has 0 aliphatic rings. The van der Waals surface area contributed by atoms with Crippen LogP contribution in [-0.2, 0) is 7.05 Å². The molecule has 0 aliphatic carbocycles. The molecule has 0 unspecified atom stereocenters. The van der Waals surface area contributed by atoms with Gasteiger partial charge in [0, 0.05) is 17.1 Å². The summed E-state index contributed by atoms with van der Waals surface area (Å²) in [6.45, 7) is 1.76. The lowest BCUT2D eigenvalue weighted by Crippen LogP contribution is -2.21. The minimum atomic E-state index is -0.152. The number of para-hydroxylation sites is 1. The van der Waals surface area contributed by atoms with E-state index in [9.17, 15) is 9.90 Å². The third-order valence-electron chi connectivity index (χ3n) is 3.66.